The van der Waals surface area contributed by atoms with E-state index in [1.807, 2.05) is 13.8 Å². The van der Waals surface area contributed by atoms with E-state index in [4.69, 9.17) is 4.42 Å². The zero-order valence-corrected chi connectivity index (χ0v) is 13.3. The van der Waals surface area contributed by atoms with E-state index >= 15 is 0 Å². The van der Waals surface area contributed by atoms with Gasteiger partial charge in [-0.1, -0.05) is 19.9 Å². The van der Waals surface area contributed by atoms with Crippen LogP contribution in [0.15, 0.2) is 46.1 Å². The third-order valence-electron chi connectivity index (χ3n) is 4.33. The molecule has 2 N–H and O–H groups in total. The van der Waals surface area contributed by atoms with Crippen LogP contribution in [0.5, 0.6) is 0 Å². The van der Waals surface area contributed by atoms with E-state index in [2.05, 4.69) is 15.3 Å². The third kappa shape index (κ3) is 2.55. The number of rotatable bonds is 4. The first-order valence-corrected chi connectivity index (χ1v) is 7.51. The molecule has 2 unspecified atom stereocenters. The van der Waals surface area contributed by atoms with E-state index in [1.165, 1.54) is 6.26 Å². The van der Waals surface area contributed by atoms with Gasteiger partial charge in [-0.3, -0.25) is 9.78 Å². The molecule has 0 radical (unpaired) electrons. The van der Waals surface area contributed by atoms with E-state index < -0.39 is 11.6 Å². The minimum Gasteiger partial charge on any atom is -0.466 e. The summed E-state index contributed by atoms with van der Waals surface area (Å²) < 4.78 is 5.26. The molecule has 0 spiro atoms. The molecule has 3 rings (SSSR count). The predicted octanol–water partition coefficient (Wildman–Crippen LogP) is 2.05. The highest BCUT2D eigenvalue weighted by atomic mass is 16.4. The summed E-state index contributed by atoms with van der Waals surface area (Å²) in [7, 11) is 0. The van der Waals surface area contributed by atoms with Crippen LogP contribution in [0.4, 0.5) is 0 Å². The van der Waals surface area contributed by atoms with Gasteiger partial charge in [0, 0.05) is 11.8 Å². The monoisotopic (exact) mass is 313 g/mol. The van der Waals surface area contributed by atoms with Gasteiger partial charge in [0.1, 0.15) is 23.1 Å². The van der Waals surface area contributed by atoms with Crippen LogP contribution in [0.2, 0.25) is 0 Å². The number of aliphatic hydroxyl groups is 1. The molecule has 0 saturated heterocycles. The van der Waals surface area contributed by atoms with E-state index in [1.54, 1.807) is 37.4 Å². The lowest BCUT2D eigenvalue weighted by atomic mass is 9.89. The number of amidine groups is 1. The number of furan rings is 1. The molecule has 2 aromatic heterocycles. The Balaban J connectivity index is 2.04. The van der Waals surface area contributed by atoms with Crippen LogP contribution >= 0.6 is 0 Å². The first-order valence-electron chi connectivity index (χ1n) is 7.51. The minimum absolute atomic E-state index is 0.0437. The Morgan fingerprint density at radius 1 is 1.30 bits per heavy atom. The Labute approximate surface area is 134 Å². The van der Waals surface area contributed by atoms with E-state index in [0.29, 0.717) is 22.9 Å². The van der Waals surface area contributed by atoms with Crippen molar-refractivity contribution < 1.29 is 14.3 Å². The summed E-state index contributed by atoms with van der Waals surface area (Å²) in [6, 6.07) is 6.87. The van der Waals surface area contributed by atoms with Gasteiger partial charge >= 0.3 is 0 Å². The molecule has 1 aliphatic rings. The van der Waals surface area contributed by atoms with Crippen LogP contribution in [0.1, 0.15) is 43.9 Å². The number of pyridine rings is 1. The van der Waals surface area contributed by atoms with Gasteiger partial charge in [-0.25, -0.2) is 4.99 Å². The fraction of sp³-hybridized carbons (Fsp3) is 0.353. The molecule has 6 nitrogen and oxygen atoms in total. The van der Waals surface area contributed by atoms with Crippen molar-refractivity contribution in [2.45, 2.75) is 32.4 Å². The van der Waals surface area contributed by atoms with Crippen LogP contribution in [0.3, 0.4) is 0 Å². The number of aliphatic imine (C=N–C) groups is 1. The van der Waals surface area contributed by atoms with Gasteiger partial charge in [0.15, 0.2) is 5.84 Å². The Morgan fingerprint density at radius 3 is 2.70 bits per heavy atom. The smallest absolute Gasteiger partial charge is 0.253 e. The van der Waals surface area contributed by atoms with Gasteiger partial charge < -0.3 is 14.8 Å². The second kappa shape index (κ2) is 5.62. The Hall–Kier alpha value is -2.47. The highest BCUT2D eigenvalue weighted by Crippen LogP contribution is 2.29. The van der Waals surface area contributed by atoms with Crippen LogP contribution in [-0.2, 0) is 4.79 Å². The summed E-state index contributed by atoms with van der Waals surface area (Å²) in [4.78, 5) is 21.1. The summed E-state index contributed by atoms with van der Waals surface area (Å²) >= 11 is 0. The number of nitrogens with one attached hydrogen (secondary N) is 1. The fourth-order valence-electron chi connectivity index (χ4n) is 2.48. The van der Waals surface area contributed by atoms with E-state index in [-0.39, 0.29) is 11.8 Å². The molecule has 1 aliphatic heterocycles. The molecule has 0 aliphatic carbocycles. The molecular formula is C17H19N3O3. The lowest BCUT2D eigenvalue weighted by Crippen LogP contribution is -2.41. The van der Waals surface area contributed by atoms with Crippen molar-refractivity contribution in [3.8, 4) is 0 Å². The maximum absolute atomic E-state index is 12.3. The average Bonchev–Trinajstić information content (AvgIpc) is 3.16. The van der Waals surface area contributed by atoms with Crippen LogP contribution < -0.4 is 5.32 Å². The van der Waals surface area contributed by atoms with Crippen LogP contribution in [-0.4, -0.2) is 27.4 Å². The molecule has 23 heavy (non-hydrogen) atoms. The standard InChI is InChI=1S/C17H19N3O3/c1-10(2)17(3)16(22)19-15(20-17)13-11(6-4-8-18-13)14(21)12-7-5-9-23-12/h4-10,14,21H,1-3H3,(H,19,20,22). The van der Waals surface area contributed by atoms with Crippen LogP contribution in [0, 0.1) is 5.92 Å². The summed E-state index contributed by atoms with van der Waals surface area (Å²) in [6.45, 7) is 5.69. The maximum Gasteiger partial charge on any atom is 0.253 e. The molecule has 2 atom stereocenters. The number of carbonyl (C=O) groups is 1. The summed E-state index contributed by atoms with van der Waals surface area (Å²) in [5.74, 6) is 0.678. The fourth-order valence-corrected chi connectivity index (χ4v) is 2.48. The molecular weight excluding hydrogens is 294 g/mol. The number of carbonyl (C=O) groups excluding carboxylic acids is 1. The summed E-state index contributed by atoms with van der Waals surface area (Å²) in [5, 5.41) is 13.3. The quantitative estimate of drug-likeness (QED) is 0.904. The molecule has 6 heteroatoms. The summed E-state index contributed by atoms with van der Waals surface area (Å²) in [6.07, 6.45) is 2.13. The Morgan fingerprint density at radius 2 is 2.09 bits per heavy atom. The molecule has 0 saturated carbocycles. The van der Waals surface area contributed by atoms with Crippen molar-refractivity contribution in [2.24, 2.45) is 10.9 Å². The number of amides is 1. The topological polar surface area (TPSA) is 87.7 Å². The highest BCUT2D eigenvalue weighted by molar-refractivity contribution is 6.15. The zero-order valence-electron chi connectivity index (χ0n) is 13.3. The first kappa shape index (κ1) is 15.4. The first-order chi connectivity index (χ1) is 10.9. The van der Waals surface area contributed by atoms with Crippen molar-refractivity contribution >= 4 is 11.7 Å². The summed E-state index contributed by atoms with van der Waals surface area (Å²) in [5.41, 5.74) is 0.156. The van der Waals surface area contributed by atoms with Crippen molar-refractivity contribution in [2.75, 3.05) is 0 Å². The molecule has 1 amide bonds. The average molecular weight is 313 g/mol. The molecule has 0 bridgehead atoms. The van der Waals surface area contributed by atoms with Gasteiger partial charge in [-0.2, -0.15) is 0 Å². The molecule has 2 aromatic rings. The highest BCUT2D eigenvalue weighted by Gasteiger charge is 2.43. The number of aromatic nitrogens is 1. The maximum atomic E-state index is 12.3. The molecule has 120 valence electrons. The predicted molar refractivity (Wildman–Crippen MR) is 84.9 cm³/mol. The van der Waals surface area contributed by atoms with E-state index in [0.717, 1.165) is 0 Å². The molecule has 0 fully saturated rings. The van der Waals surface area contributed by atoms with Crippen LogP contribution in [0.25, 0.3) is 0 Å². The minimum atomic E-state index is -0.973. The van der Waals surface area contributed by atoms with Gasteiger partial charge in [0.2, 0.25) is 0 Å². The third-order valence-corrected chi connectivity index (χ3v) is 4.33. The van der Waals surface area contributed by atoms with Gasteiger partial charge in [0.25, 0.3) is 5.91 Å². The number of hydrogen-bond donors (Lipinski definition) is 2. The van der Waals surface area contributed by atoms with Crippen molar-refractivity contribution in [1.29, 1.82) is 0 Å². The van der Waals surface area contributed by atoms with Crippen molar-refractivity contribution in [3.63, 3.8) is 0 Å². The van der Waals surface area contributed by atoms with Gasteiger partial charge in [-0.05, 0) is 31.0 Å². The number of aliphatic hydroxyl groups excluding tert-OH is 1. The van der Waals surface area contributed by atoms with Crippen molar-refractivity contribution in [3.05, 3.63) is 53.7 Å². The largest absolute Gasteiger partial charge is 0.466 e. The Bertz CT molecular complexity index is 752. The molecule has 0 aromatic carbocycles. The second-order valence-electron chi connectivity index (χ2n) is 6.08. The lowest BCUT2D eigenvalue weighted by Gasteiger charge is -2.21. The number of nitrogens with zero attached hydrogens (tertiary/aromatic N) is 2. The Kier molecular flexibility index (Phi) is 3.77. The second-order valence-corrected chi connectivity index (χ2v) is 6.08. The number of hydrogen-bond acceptors (Lipinski definition) is 5. The van der Waals surface area contributed by atoms with E-state index in [9.17, 15) is 9.90 Å². The lowest BCUT2D eigenvalue weighted by molar-refractivity contribution is -0.124. The van der Waals surface area contributed by atoms with Gasteiger partial charge in [0.05, 0.1) is 6.26 Å². The zero-order chi connectivity index (χ0) is 16.6. The molecule has 3 heterocycles. The van der Waals surface area contributed by atoms with Crippen molar-refractivity contribution in [1.82, 2.24) is 10.3 Å². The van der Waals surface area contributed by atoms with Gasteiger partial charge in [-0.15, -0.1) is 0 Å². The normalized spacial score (nSPS) is 22.1. The SMILES string of the molecule is CC(C)C1(C)N=C(c2ncccc2C(O)c2ccco2)NC1=O.